The molecule has 1 aromatic rings. The van der Waals surface area contributed by atoms with Gasteiger partial charge < -0.3 is 10.1 Å². The molecule has 0 amide bonds. The van der Waals surface area contributed by atoms with Crippen molar-refractivity contribution in [2.24, 2.45) is 0 Å². The van der Waals surface area contributed by atoms with Crippen molar-refractivity contribution >= 4 is 0 Å². The molecule has 0 fully saturated rings. The minimum atomic E-state index is 0.247. The van der Waals surface area contributed by atoms with Crippen molar-refractivity contribution in [1.82, 2.24) is 5.32 Å². The molecule has 0 saturated carbocycles. The molecule has 0 aliphatic rings. The lowest BCUT2D eigenvalue weighted by atomic mass is 10.0. The van der Waals surface area contributed by atoms with Crippen LogP contribution in [0, 0.1) is 13.8 Å². The predicted molar refractivity (Wildman–Crippen MR) is 78.4 cm³/mol. The molecule has 2 unspecified atom stereocenters. The third-order valence-electron chi connectivity index (χ3n) is 3.59. The second kappa shape index (κ2) is 7.42. The first-order chi connectivity index (χ1) is 8.62. The molecule has 0 aliphatic carbocycles. The standard InChI is InChI=1S/C16H27NO/c1-6-8-15(17-5)16(7-2)18-14-10-9-12(3)13(4)11-14/h9-11,15-17H,6-8H2,1-5H3. The van der Waals surface area contributed by atoms with Gasteiger partial charge in [-0.15, -0.1) is 0 Å². The Bertz CT molecular complexity index is 362. The molecule has 1 N–H and O–H groups in total. The average molecular weight is 249 g/mol. The van der Waals surface area contributed by atoms with Crippen LogP contribution in [0.25, 0.3) is 0 Å². The summed E-state index contributed by atoms with van der Waals surface area (Å²) in [6.07, 6.45) is 3.60. The highest BCUT2D eigenvalue weighted by Gasteiger charge is 2.19. The zero-order chi connectivity index (χ0) is 13.5. The summed E-state index contributed by atoms with van der Waals surface area (Å²) >= 11 is 0. The van der Waals surface area contributed by atoms with Crippen molar-refractivity contribution < 1.29 is 4.74 Å². The summed E-state index contributed by atoms with van der Waals surface area (Å²) in [5.74, 6) is 0.987. The van der Waals surface area contributed by atoms with Crippen LogP contribution in [0.1, 0.15) is 44.2 Å². The average Bonchev–Trinajstić information content (AvgIpc) is 2.37. The normalized spacial score (nSPS) is 14.3. The molecule has 0 radical (unpaired) electrons. The zero-order valence-electron chi connectivity index (χ0n) is 12.4. The van der Waals surface area contributed by atoms with Crippen molar-refractivity contribution in [3.8, 4) is 5.75 Å². The van der Waals surface area contributed by atoms with Crippen molar-refractivity contribution in [2.45, 2.75) is 59.1 Å². The lowest BCUT2D eigenvalue weighted by Crippen LogP contribution is -2.40. The lowest BCUT2D eigenvalue weighted by molar-refractivity contribution is 0.146. The lowest BCUT2D eigenvalue weighted by Gasteiger charge is -2.27. The van der Waals surface area contributed by atoms with Crippen LogP contribution < -0.4 is 10.1 Å². The van der Waals surface area contributed by atoms with Gasteiger partial charge in [0.1, 0.15) is 11.9 Å². The van der Waals surface area contributed by atoms with Gasteiger partial charge in [0, 0.05) is 6.04 Å². The van der Waals surface area contributed by atoms with Gasteiger partial charge in [0.05, 0.1) is 0 Å². The van der Waals surface area contributed by atoms with Crippen molar-refractivity contribution in [3.05, 3.63) is 29.3 Å². The van der Waals surface area contributed by atoms with E-state index in [9.17, 15) is 0 Å². The first-order valence-corrected chi connectivity index (χ1v) is 7.03. The Balaban J connectivity index is 2.74. The Labute approximate surface area is 112 Å². The quantitative estimate of drug-likeness (QED) is 0.792. The third kappa shape index (κ3) is 4.02. The van der Waals surface area contributed by atoms with E-state index in [0.717, 1.165) is 18.6 Å². The highest BCUT2D eigenvalue weighted by molar-refractivity contribution is 5.34. The molecule has 2 nitrogen and oxygen atoms in total. The number of aryl methyl sites for hydroxylation is 2. The fraction of sp³-hybridized carbons (Fsp3) is 0.625. The number of likely N-dealkylation sites (N-methyl/N-ethyl adjacent to an activating group) is 1. The Hall–Kier alpha value is -1.02. The van der Waals surface area contributed by atoms with Gasteiger partial charge in [0.25, 0.3) is 0 Å². The highest BCUT2D eigenvalue weighted by Crippen LogP contribution is 2.20. The van der Waals surface area contributed by atoms with Crippen LogP contribution in [0.5, 0.6) is 5.75 Å². The maximum atomic E-state index is 6.14. The number of benzene rings is 1. The second-order valence-electron chi connectivity index (χ2n) is 4.99. The Morgan fingerprint density at radius 1 is 1.17 bits per heavy atom. The largest absolute Gasteiger partial charge is 0.489 e. The van der Waals surface area contributed by atoms with E-state index in [-0.39, 0.29) is 6.10 Å². The van der Waals surface area contributed by atoms with Gasteiger partial charge >= 0.3 is 0 Å². The number of nitrogens with one attached hydrogen (secondary N) is 1. The SMILES string of the molecule is CCCC(NC)C(CC)Oc1ccc(C)c(C)c1. The van der Waals surface area contributed by atoms with E-state index in [0.29, 0.717) is 6.04 Å². The summed E-state index contributed by atoms with van der Waals surface area (Å²) in [6.45, 7) is 8.66. The molecule has 0 saturated heterocycles. The number of ether oxygens (including phenoxy) is 1. The predicted octanol–water partition coefficient (Wildman–Crippen LogP) is 3.85. The zero-order valence-corrected chi connectivity index (χ0v) is 12.4. The van der Waals surface area contributed by atoms with Gasteiger partial charge in [-0.2, -0.15) is 0 Å². The van der Waals surface area contributed by atoms with Crippen LogP contribution >= 0.6 is 0 Å². The first kappa shape index (κ1) is 15.0. The number of hydrogen-bond donors (Lipinski definition) is 1. The van der Waals surface area contributed by atoms with Crippen LogP contribution in [0.15, 0.2) is 18.2 Å². The van der Waals surface area contributed by atoms with Gasteiger partial charge in [-0.3, -0.25) is 0 Å². The molecule has 2 atom stereocenters. The highest BCUT2D eigenvalue weighted by atomic mass is 16.5. The molecule has 0 spiro atoms. The number of rotatable bonds is 7. The van der Waals surface area contributed by atoms with Crippen molar-refractivity contribution in [3.63, 3.8) is 0 Å². The van der Waals surface area contributed by atoms with E-state index >= 15 is 0 Å². The summed E-state index contributed by atoms with van der Waals surface area (Å²) in [6, 6.07) is 6.77. The maximum absolute atomic E-state index is 6.14. The Morgan fingerprint density at radius 3 is 2.39 bits per heavy atom. The van der Waals surface area contributed by atoms with Gasteiger partial charge in [-0.05, 0) is 57.0 Å². The van der Waals surface area contributed by atoms with Gasteiger partial charge in [0.15, 0.2) is 0 Å². The summed E-state index contributed by atoms with van der Waals surface area (Å²) in [5.41, 5.74) is 2.60. The first-order valence-electron chi connectivity index (χ1n) is 7.03. The molecule has 0 aromatic heterocycles. The van der Waals surface area contributed by atoms with Gasteiger partial charge in [0.2, 0.25) is 0 Å². The van der Waals surface area contributed by atoms with Crippen molar-refractivity contribution in [1.29, 1.82) is 0 Å². The Morgan fingerprint density at radius 2 is 1.89 bits per heavy atom. The number of hydrogen-bond acceptors (Lipinski definition) is 2. The van der Waals surface area contributed by atoms with E-state index in [1.165, 1.54) is 17.5 Å². The molecule has 0 heterocycles. The molecule has 102 valence electrons. The van der Waals surface area contributed by atoms with Crippen LogP contribution in [-0.4, -0.2) is 19.2 Å². The molecule has 1 rings (SSSR count). The molecule has 2 heteroatoms. The molecule has 18 heavy (non-hydrogen) atoms. The molecule has 0 bridgehead atoms. The van der Waals surface area contributed by atoms with Crippen LogP contribution in [0.3, 0.4) is 0 Å². The fourth-order valence-corrected chi connectivity index (χ4v) is 2.24. The smallest absolute Gasteiger partial charge is 0.120 e. The monoisotopic (exact) mass is 249 g/mol. The van der Waals surface area contributed by atoms with Crippen LogP contribution in [0.4, 0.5) is 0 Å². The van der Waals surface area contributed by atoms with Gasteiger partial charge in [-0.1, -0.05) is 26.3 Å². The van der Waals surface area contributed by atoms with E-state index in [2.05, 4.69) is 51.2 Å². The topological polar surface area (TPSA) is 21.3 Å². The Kier molecular flexibility index (Phi) is 6.20. The van der Waals surface area contributed by atoms with Crippen LogP contribution in [-0.2, 0) is 0 Å². The summed E-state index contributed by atoms with van der Waals surface area (Å²) in [4.78, 5) is 0. The minimum absolute atomic E-state index is 0.247. The molecule has 1 aromatic carbocycles. The minimum Gasteiger partial charge on any atom is -0.489 e. The summed E-state index contributed by atoms with van der Waals surface area (Å²) in [5, 5.41) is 3.38. The van der Waals surface area contributed by atoms with E-state index in [1.54, 1.807) is 0 Å². The van der Waals surface area contributed by atoms with Crippen molar-refractivity contribution in [2.75, 3.05) is 7.05 Å². The third-order valence-corrected chi connectivity index (χ3v) is 3.59. The summed E-state index contributed by atoms with van der Waals surface area (Å²) < 4.78 is 6.14. The van der Waals surface area contributed by atoms with Crippen LogP contribution in [0.2, 0.25) is 0 Å². The maximum Gasteiger partial charge on any atom is 0.120 e. The fourth-order valence-electron chi connectivity index (χ4n) is 2.24. The van der Waals surface area contributed by atoms with E-state index in [4.69, 9.17) is 4.74 Å². The molecular weight excluding hydrogens is 222 g/mol. The summed E-state index contributed by atoms with van der Waals surface area (Å²) in [7, 11) is 2.02. The molecular formula is C16H27NO. The second-order valence-corrected chi connectivity index (χ2v) is 4.99. The van der Waals surface area contributed by atoms with Gasteiger partial charge in [-0.25, -0.2) is 0 Å². The molecule has 0 aliphatic heterocycles. The van der Waals surface area contributed by atoms with E-state index in [1.807, 2.05) is 7.05 Å². The van der Waals surface area contributed by atoms with E-state index < -0.39 is 0 Å².